The number of hydrogen-bond donors (Lipinski definition) is 0. The highest BCUT2D eigenvalue weighted by Crippen LogP contribution is 2.10. The first-order valence-corrected chi connectivity index (χ1v) is 6.80. The zero-order valence-electron chi connectivity index (χ0n) is 10.2. The molecule has 0 heterocycles. The fourth-order valence-electron chi connectivity index (χ4n) is 1.88. The molecule has 0 aromatic carbocycles. The van der Waals surface area contributed by atoms with Crippen LogP contribution in [0, 0.1) is 0 Å². The first kappa shape index (κ1) is 19.8. The Morgan fingerprint density at radius 1 is 0.500 bits per heavy atom. The van der Waals surface area contributed by atoms with Crippen molar-refractivity contribution in [2.24, 2.45) is 0 Å². The molecule has 0 spiro atoms. The standard InChI is InChI=1S/B17I/c1-10(2)14(9)16(13(7)8)17(18)15(11(3)4)12(5)6. The van der Waals surface area contributed by atoms with Gasteiger partial charge in [0, 0.05) is 114 Å². The van der Waals surface area contributed by atoms with E-state index in [9.17, 15) is 0 Å². The van der Waals surface area contributed by atoms with Crippen molar-refractivity contribution in [2.45, 2.75) is 0 Å². The molecule has 0 saturated heterocycles. The Morgan fingerprint density at radius 2 is 0.833 bits per heavy atom. The summed E-state index contributed by atoms with van der Waals surface area (Å²) in [5.74, 6) is 0. The molecule has 0 fully saturated rings. The van der Waals surface area contributed by atoms with Crippen LogP contribution in [0.3, 0.4) is 0 Å². The second-order valence-electron chi connectivity index (χ2n) is 4.49. The SMILES string of the molecule is [B]B([B])B([B])B(B([B])[B])B(I)B(B([B])[B])B([B])[B]. The van der Waals surface area contributed by atoms with E-state index in [-0.39, 0.29) is 4.35 Å². The summed E-state index contributed by atoms with van der Waals surface area (Å²) in [6.45, 7) is 0. The van der Waals surface area contributed by atoms with Crippen LogP contribution in [0.15, 0.2) is 0 Å². The van der Waals surface area contributed by atoms with E-state index in [4.69, 9.17) is 69.6 Å². The van der Waals surface area contributed by atoms with Gasteiger partial charge in [-0.05, 0) is 0 Å². The molecule has 0 aromatic rings. The van der Waals surface area contributed by atoms with E-state index in [1.807, 2.05) is 0 Å². The zero-order valence-corrected chi connectivity index (χ0v) is 12.4. The molecule has 58 valence electrons. The van der Waals surface area contributed by atoms with Crippen LogP contribution in [0.25, 0.3) is 0 Å². The third-order valence-electron chi connectivity index (χ3n) is 2.96. The Balaban J connectivity index is 5.11. The van der Waals surface area contributed by atoms with Crippen LogP contribution in [0.4, 0.5) is 0 Å². The quantitative estimate of drug-likeness (QED) is 0.325. The predicted molar refractivity (Wildman–Crippen MR) is 112 cm³/mol. The highest BCUT2D eigenvalue weighted by Gasteiger charge is 2.41. The molecular weight excluding hydrogens is 311 g/mol. The molecular formula is B17I. The lowest BCUT2D eigenvalue weighted by atomic mass is 8.49. The summed E-state index contributed by atoms with van der Waals surface area (Å²) in [7, 11) is 51.3. The number of hydrogen-bond acceptors (Lipinski definition) is 0. The van der Waals surface area contributed by atoms with Crippen molar-refractivity contribution in [1.29, 1.82) is 0 Å². The van der Waals surface area contributed by atoms with Gasteiger partial charge in [-0.3, -0.25) is 0 Å². The van der Waals surface area contributed by atoms with Gasteiger partial charge in [0.15, 0.2) is 0 Å². The molecule has 0 atom stereocenters. The molecule has 0 aliphatic rings. The molecule has 0 aliphatic heterocycles. The molecule has 18 heteroatoms. The van der Waals surface area contributed by atoms with Gasteiger partial charge >= 0.3 is 0 Å². The van der Waals surface area contributed by atoms with Gasteiger partial charge in [0.2, 0.25) is 0 Å². The fraction of sp³-hybridized carbons (Fsp3) is 0. The minimum absolute atomic E-state index is 0.243. The topological polar surface area (TPSA) is 0 Å². The Labute approximate surface area is 140 Å². The molecule has 0 rings (SSSR count). The van der Waals surface area contributed by atoms with E-state index in [0.717, 1.165) is 0 Å². The summed E-state index contributed by atoms with van der Waals surface area (Å²) < 4.78 is -0.243. The Morgan fingerprint density at radius 3 is 1.06 bits per heavy atom. The van der Waals surface area contributed by atoms with E-state index in [1.165, 1.54) is 0 Å². The van der Waals surface area contributed by atoms with Crippen LogP contribution in [0.5, 0.6) is 0 Å². The summed E-state index contributed by atoms with van der Waals surface area (Å²) in [6, 6.07) is 0. The second-order valence-corrected chi connectivity index (χ2v) is 5.92. The third kappa shape index (κ3) is 5.68. The van der Waals surface area contributed by atoms with Crippen molar-refractivity contribution in [3.8, 4) is 0 Å². The molecule has 0 nitrogen and oxygen atoms in total. The monoisotopic (exact) mass is 314 g/mol. The number of halogens is 1. The molecule has 0 aromatic heterocycles. The summed E-state index contributed by atoms with van der Waals surface area (Å²) in [6.07, 6.45) is -4.33. The van der Waals surface area contributed by atoms with Crippen LogP contribution in [-0.4, -0.2) is 119 Å². The van der Waals surface area contributed by atoms with Crippen LogP contribution < -0.4 is 0 Å². The molecule has 0 amide bonds. The van der Waals surface area contributed by atoms with Crippen molar-refractivity contribution < 1.29 is 0 Å². The lowest BCUT2D eigenvalue weighted by Crippen LogP contribution is -2.74. The average Bonchev–Trinajstić information content (AvgIpc) is 2.15. The molecule has 0 aliphatic carbocycles. The van der Waals surface area contributed by atoms with Crippen LogP contribution in [0.2, 0.25) is 0 Å². The Hall–Kier alpha value is 1.83. The lowest BCUT2D eigenvalue weighted by molar-refractivity contribution is 3.43. The molecule has 0 bridgehead atoms. The second kappa shape index (κ2) is 8.98. The Bertz CT molecular complexity index is 210. The normalized spacial score (nSPS) is 9.17. The Kier molecular flexibility index (Phi) is 9.89. The smallest absolute Gasteiger partial charge is 0.120 e. The van der Waals surface area contributed by atoms with Crippen LogP contribution in [0.1, 0.15) is 0 Å². The van der Waals surface area contributed by atoms with E-state index >= 15 is 0 Å². The maximum atomic E-state index is 5.92. The largest absolute Gasteiger partial charge is 0.173 e. The fourth-order valence-corrected chi connectivity index (χ4v) is 3.79. The number of rotatable bonds is 7. The van der Waals surface area contributed by atoms with Gasteiger partial charge < -0.3 is 0 Å². The summed E-state index contributed by atoms with van der Waals surface area (Å²) in [5, 5.41) is 0. The zero-order chi connectivity index (χ0) is 14.6. The van der Waals surface area contributed by atoms with Crippen LogP contribution >= 0.6 is 22.4 Å². The van der Waals surface area contributed by atoms with E-state index in [2.05, 4.69) is 22.4 Å². The first-order chi connectivity index (χ1) is 8.11. The first-order valence-electron chi connectivity index (χ1n) is 5.55. The van der Waals surface area contributed by atoms with Gasteiger partial charge in [0.1, 0.15) is 4.35 Å². The van der Waals surface area contributed by atoms with Gasteiger partial charge in [-0.2, -0.15) is 22.4 Å². The summed E-state index contributed by atoms with van der Waals surface area (Å²) >= 11 is 2.09. The van der Waals surface area contributed by atoms with Crippen molar-refractivity contribution in [2.75, 3.05) is 0 Å². The summed E-state index contributed by atoms with van der Waals surface area (Å²) in [4.78, 5) is 0. The van der Waals surface area contributed by atoms with E-state index < -0.39 is 44.7 Å². The minimum atomic E-state index is -0.759. The van der Waals surface area contributed by atoms with Gasteiger partial charge in [-0.15, -0.1) is 0 Å². The minimum Gasteiger partial charge on any atom is -0.173 e. The van der Waals surface area contributed by atoms with Gasteiger partial charge in [-0.25, -0.2) is 0 Å². The van der Waals surface area contributed by atoms with E-state index in [1.54, 1.807) is 0 Å². The molecule has 18 heavy (non-hydrogen) atoms. The molecule has 0 saturated carbocycles. The van der Waals surface area contributed by atoms with Crippen molar-refractivity contribution in [1.82, 2.24) is 0 Å². The molecule has 18 radical (unpaired) electrons. The average molecular weight is 311 g/mol. The highest BCUT2D eigenvalue weighted by atomic mass is 127. The summed E-state index contributed by atoms with van der Waals surface area (Å²) in [5.41, 5.74) is 0. The molecule has 0 N–H and O–H groups in total. The highest BCUT2D eigenvalue weighted by molar-refractivity contribution is 14.1. The maximum Gasteiger partial charge on any atom is 0.120 e. The predicted octanol–water partition coefficient (Wildman–Crippen LogP) is -5.59. The van der Waals surface area contributed by atoms with Gasteiger partial charge in [-0.1, -0.05) is 0 Å². The van der Waals surface area contributed by atoms with Crippen molar-refractivity contribution >= 4 is 141 Å². The molecule has 0 unspecified atom stereocenters. The van der Waals surface area contributed by atoms with Crippen molar-refractivity contribution in [3.63, 3.8) is 0 Å². The van der Waals surface area contributed by atoms with E-state index in [0.29, 0.717) is 0 Å². The maximum absolute atomic E-state index is 5.92. The lowest BCUT2D eigenvalue weighted by Gasteiger charge is -2.36. The van der Waals surface area contributed by atoms with Crippen LogP contribution in [-0.2, 0) is 0 Å². The van der Waals surface area contributed by atoms with Gasteiger partial charge in [0.25, 0.3) is 0 Å². The van der Waals surface area contributed by atoms with Gasteiger partial charge in [0.05, 0.1) is 0 Å². The third-order valence-corrected chi connectivity index (χ3v) is 4.62. The van der Waals surface area contributed by atoms with Crippen molar-refractivity contribution in [3.05, 3.63) is 0 Å².